The molecule has 1 atom stereocenters. The van der Waals surface area contributed by atoms with Gasteiger partial charge in [0.15, 0.2) is 0 Å². The monoisotopic (exact) mass is 307 g/mol. The highest BCUT2D eigenvalue weighted by Gasteiger charge is 2.17. The van der Waals surface area contributed by atoms with Crippen LogP contribution >= 0.6 is 11.8 Å². The topological polar surface area (TPSA) is 85.8 Å². The summed E-state index contributed by atoms with van der Waals surface area (Å²) in [5.74, 6) is 0.590. The predicted molar refractivity (Wildman–Crippen MR) is 79.0 cm³/mol. The maximum atomic E-state index is 11.5. The van der Waals surface area contributed by atoms with E-state index < -0.39 is 0 Å². The molecule has 8 heteroatoms. The van der Waals surface area contributed by atoms with Crippen molar-refractivity contribution in [2.24, 2.45) is 0 Å². The molecule has 2 aromatic heterocycles. The van der Waals surface area contributed by atoms with Crippen LogP contribution in [0, 0.1) is 6.92 Å². The van der Waals surface area contributed by atoms with E-state index in [4.69, 9.17) is 4.42 Å². The first-order valence-corrected chi connectivity index (χ1v) is 7.44. The third-order valence-corrected chi connectivity index (χ3v) is 3.51. The first kappa shape index (κ1) is 15.3. The summed E-state index contributed by atoms with van der Waals surface area (Å²) >= 11 is 1.20. The van der Waals surface area contributed by atoms with Crippen LogP contribution < -0.4 is 5.32 Å². The van der Waals surface area contributed by atoms with E-state index in [-0.39, 0.29) is 17.7 Å². The van der Waals surface area contributed by atoms with Crippen molar-refractivity contribution in [3.63, 3.8) is 0 Å². The molecule has 2 aromatic rings. The summed E-state index contributed by atoms with van der Waals surface area (Å²) in [4.78, 5) is 11.5. The Morgan fingerprint density at radius 3 is 3.10 bits per heavy atom. The molecule has 1 amide bonds. The maximum Gasteiger partial charge on any atom is 0.277 e. The molecule has 21 heavy (non-hydrogen) atoms. The number of thioether (sulfide) groups is 1. The van der Waals surface area contributed by atoms with Crippen molar-refractivity contribution >= 4 is 17.7 Å². The van der Waals surface area contributed by atoms with E-state index in [1.807, 2.05) is 26.1 Å². The Kier molecular flexibility index (Phi) is 5.15. The molecule has 0 aromatic carbocycles. The highest BCUT2D eigenvalue weighted by molar-refractivity contribution is 7.99. The fourth-order valence-corrected chi connectivity index (χ4v) is 2.17. The summed E-state index contributed by atoms with van der Waals surface area (Å²) in [6.07, 6.45) is 3.49. The van der Waals surface area contributed by atoms with E-state index >= 15 is 0 Å². The second kappa shape index (κ2) is 7.07. The lowest BCUT2D eigenvalue weighted by molar-refractivity contribution is -0.118. The molecule has 1 N–H and O–H groups in total. The van der Waals surface area contributed by atoms with Crippen LogP contribution in [0.1, 0.15) is 24.6 Å². The van der Waals surface area contributed by atoms with Crippen LogP contribution in [-0.4, -0.2) is 38.2 Å². The molecule has 2 rings (SSSR count). The highest BCUT2D eigenvalue weighted by Crippen LogP contribution is 2.21. The molecule has 0 aliphatic carbocycles. The molecule has 0 saturated heterocycles. The molecule has 7 nitrogen and oxygen atoms in total. The first-order valence-electron chi connectivity index (χ1n) is 6.45. The van der Waals surface area contributed by atoms with Crippen LogP contribution in [0.2, 0.25) is 0 Å². The average Bonchev–Trinajstić information content (AvgIpc) is 3.11. The number of nitrogens with one attached hydrogen (secondary N) is 1. The molecular formula is C13H17N5O2S. The number of hydrogen-bond acceptors (Lipinski definition) is 6. The van der Waals surface area contributed by atoms with Crippen LogP contribution in [0.3, 0.4) is 0 Å². The maximum absolute atomic E-state index is 11.5. The summed E-state index contributed by atoms with van der Waals surface area (Å²) in [6.45, 7) is 7.82. The molecule has 0 spiro atoms. The fourth-order valence-electron chi connectivity index (χ4n) is 1.57. The Hall–Kier alpha value is -2.09. The van der Waals surface area contributed by atoms with Crippen LogP contribution in [0.5, 0.6) is 0 Å². The van der Waals surface area contributed by atoms with Crippen LogP contribution in [0.15, 0.2) is 34.6 Å². The lowest BCUT2D eigenvalue weighted by Crippen LogP contribution is -2.24. The van der Waals surface area contributed by atoms with Gasteiger partial charge in [-0.05, 0) is 19.9 Å². The van der Waals surface area contributed by atoms with Crippen LogP contribution in [0.25, 0.3) is 0 Å². The Morgan fingerprint density at radius 1 is 1.62 bits per heavy atom. The van der Waals surface area contributed by atoms with Crippen LogP contribution in [0.4, 0.5) is 0 Å². The minimum absolute atomic E-state index is 0.101. The lowest BCUT2D eigenvalue weighted by Gasteiger charge is -2.06. The molecule has 0 fully saturated rings. The summed E-state index contributed by atoms with van der Waals surface area (Å²) in [6, 6.07) is 1.77. The second-order valence-corrected chi connectivity index (χ2v) is 5.33. The number of aryl methyl sites for hydroxylation is 1. The zero-order valence-corrected chi connectivity index (χ0v) is 12.8. The van der Waals surface area contributed by atoms with E-state index in [1.165, 1.54) is 11.8 Å². The van der Waals surface area contributed by atoms with Crippen molar-refractivity contribution in [3.8, 4) is 0 Å². The number of nitrogens with zero attached hydrogens (tertiary/aromatic N) is 4. The van der Waals surface area contributed by atoms with Gasteiger partial charge in [-0.2, -0.15) is 5.10 Å². The summed E-state index contributed by atoms with van der Waals surface area (Å²) in [7, 11) is 0. The van der Waals surface area contributed by atoms with E-state index in [0.717, 1.165) is 5.69 Å². The first-order chi connectivity index (χ1) is 10.1. The molecule has 2 heterocycles. The quantitative estimate of drug-likeness (QED) is 0.617. The van der Waals surface area contributed by atoms with Crippen molar-refractivity contribution < 1.29 is 9.21 Å². The molecule has 0 bridgehead atoms. The lowest BCUT2D eigenvalue weighted by atomic mass is 10.3. The Morgan fingerprint density at radius 2 is 2.43 bits per heavy atom. The normalized spacial score (nSPS) is 12.1. The number of rotatable bonds is 7. The molecule has 0 aliphatic heterocycles. The Bertz CT molecular complexity index is 622. The highest BCUT2D eigenvalue weighted by atomic mass is 32.2. The molecular weight excluding hydrogens is 290 g/mol. The van der Waals surface area contributed by atoms with Gasteiger partial charge in [0.1, 0.15) is 6.04 Å². The largest absolute Gasteiger partial charge is 0.414 e. The van der Waals surface area contributed by atoms with Gasteiger partial charge in [0, 0.05) is 12.7 Å². The number of amides is 1. The molecule has 0 unspecified atom stereocenters. The third kappa shape index (κ3) is 4.19. The van der Waals surface area contributed by atoms with Crippen molar-refractivity contribution in [1.82, 2.24) is 25.3 Å². The zero-order chi connectivity index (χ0) is 15.2. The SMILES string of the molecule is C=CCNC(=O)CSc1nnc([C@H](C)n2ccc(C)n2)o1. The minimum atomic E-state index is -0.143. The van der Waals surface area contributed by atoms with Crippen molar-refractivity contribution in [2.45, 2.75) is 25.1 Å². The van der Waals surface area contributed by atoms with Gasteiger partial charge in [-0.1, -0.05) is 17.8 Å². The van der Waals surface area contributed by atoms with E-state index in [1.54, 1.807) is 10.8 Å². The molecule has 0 aliphatic rings. The predicted octanol–water partition coefficient (Wildman–Crippen LogP) is 1.58. The van der Waals surface area contributed by atoms with Crippen molar-refractivity contribution in [1.29, 1.82) is 0 Å². The van der Waals surface area contributed by atoms with Gasteiger partial charge in [-0.3, -0.25) is 9.48 Å². The third-order valence-electron chi connectivity index (χ3n) is 2.69. The van der Waals surface area contributed by atoms with Gasteiger partial charge >= 0.3 is 0 Å². The van der Waals surface area contributed by atoms with Gasteiger partial charge < -0.3 is 9.73 Å². The zero-order valence-electron chi connectivity index (χ0n) is 11.9. The second-order valence-electron chi connectivity index (χ2n) is 4.40. The van der Waals surface area contributed by atoms with Crippen molar-refractivity contribution in [3.05, 3.63) is 36.5 Å². The van der Waals surface area contributed by atoms with Crippen molar-refractivity contribution in [2.75, 3.05) is 12.3 Å². The van der Waals surface area contributed by atoms with Crippen LogP contribution in [-0.2, 0) is 4.79 Å². The van der Waals surface area contributed by atoms with E-state index in [9.17, 15) is 4.79 Å². The fraction of sp³-hybridized carbons (Fsp3) is 0.385. The van der Waals surface area contributed by atoms with Gasteiger partial charge in [-0.25, -0.2) is 0 Å². The molecule has 0 radical (unpaired) electrons. The molecule has 0 saturated carbocycles. The Labute approximate surface area is 126 Å². The standard InChI is InChI=1S/C13H17N5O2S/c1-4-6-14-11(19)8-21-13-16-15-12(20-13)10(3)18-7-5-9(2)17-18/h4-5,7,10H,1,6,8H2,2-3H3,(H,14,19)/t10-/m0/s1. The summed E-state index contributed by atoms with van der Waals surface area (Å²) in [5, 5.41) is 15.3. The minimum Gasteiger partial charge on any atom is -0.414 e. The van der Waals surface area contributed by atoms with E-state index in [0.29, 0.717) is 17.7 Å². The van der Waals surface area contributed by atoms with E-state index in [2.05, 4.69) is 27.2 Å². The smallest absolute Gasteiger partial charge is 0.277 e. The summed E-state index contributed by atoms with van der Waals surface area (Å²) < 4.78 is 7.30. The number of carbonyl (C=O) groups is 1. The number of hydrogen-bond donors (Lipinski definition) is 1. The number of aromatic nitrogens is 4. The summed E-state index contributed by atoms with van der Waals surface area (Å²) in [5.41, 5.74) is 0.926. The Balaban J connectivity index is 1.92. The van der Waals surface area contributed by atoms with Gasteiger partial charge in [-0.15, -0.1) is 16.8 Å². The average molecular weight is 307 g/mol. The van der Waals surface area contributed by atoms with Gasteiger partial charge in [0.05, 0.1) is 11.4 Å². The van der Waals surface area contributed by atoms with Gasteiger partial charge in [0.25, 0.3) is 5.22 Å². The molecule has 112 valence electrons. The van der Waals surface area contributed by atoms with Gasteiger partial charge in [0.2, 0.25) is 11.8 Å². The number of carbonyl (C=O) groups excluding carboxylic acids is 1.